The number of anilines is 1. The van der Waals surface area contributed by atoms with Gasteiger partial charge in [-0.25, -0.2) is 4.79 Å². The van der Waals surface area contributed by atoms with Crippen molar-refractivity contribution in [2.75, 3.05) is 31.7 Å². The van der Waals surface area contributed by atoms with E-state index in [1.807, 2.05) is 12.1 Å². The number of carbonyl (C=O) groups is 1. The van der Waals surface area contributed by atoms with Crippen LogP contribution in [-0.4, -0.2) is 43.9 Å². The van der Waals surface area contributed by atoms with Crippen LogP contribution in [-0.2, 0) is 14.3 Å². The van der Waals surface area contributed by atoms with Crippen LogP contribution >= 0.6 is 0 Å². The van der Waals surface area contributed by atoms with Crippen LogP contribution in [0.1, 0.15) is 0 Å². The van der Waals surface area contributed by atoms with Gasteiger partial charge in [-0.05, 0) is 12.1 Å². The van der Waals surface area contributed by atoms with Crippen LogP contribution in [0.15, 0.2) is 24.5 Å². The summed E-state index contributed by atoms with van der Waals surface area (Å²) in [6, 6.07) is 3.83. The molecule has 0 spiro atoms. The predicted molar refractivity (Wildman–Crippen MR) is 58.2 cm³/mol. The maximum Gasteiger partial charge on any atom is 0.336 e. The summed E-state index contributed by atoms with van der Waals surface area (Å²) >= 11 is 0. The van der Waals surface area contributed by atoms with Crippen molar-refractivity contribution < 1.29 is 14.3 Å². The maximum absolute atomic E-state index is 11.4. The first-order chi connectivity index (χ1) is 7.81. The third kappa shape index (κ3) is 2.30. The van der Waals surface area contributed by atoms with Crippen LogP contribution in [0.25, 0.3) is 0 Å². The fraction of sp³-hybridized carbons (Fsp3) is 0.455. The first-order valence-corrected chi connectivity index (χ1v) is 5.15. The number of aromatic nitrogens is 1. The summed E-state index contributed by atoms with van der Waals surface area (Å²) in [5.74, 6) is -0.321. The predicted octanol–water partition coefficient (Wildman–Crippen LogP) is 0.460. The van der Waals surface area contributed by atoms with Gasteiger partial charge in [0.2, 0.25) is 0 Å². The van der Waals surface area contributed by atoms with E-state index in [1.54, 1.807) is 12.4 Å². The molecule has 1 atom stereocenters. The number of carbonyl (C=O) groups excluding carboxylic acids is 1. The molecule has 1 saturated heterocycles. The summed E-state index contributed by atoms with van der Waals surface area (Å²) in [7, 11) is 1.37. The van der Waals surface area contributed by atoms with E-state index in [0.717, 1.165) is 12.2 Å². The van der Waals surface area contributed by atoms with E-state index >= 15 is 0 Å². The number of pyridine rings is 1. The van der Waals surface area contributed by atoms with E-state index in [1.165, 1.54) is 7.11 Å². The summed E-state index contributed by atoms with van der Waals surface area (Å²) in [5, 5.41) is 0. The topological polar surface area (TPSA) is 51.7 Å². The lowest BCUT2D eigenvalue weighted by molar-refractivity contribution is -0.154. The molecule has 0 aromatic carbocycles. The Morgan fingerprint density at radius 2 is 2.31 bits per heavy atom. The van der Waals surface area contributed by atoms with Crippen molar-refractivity contribution >= 4 is 11.7 Å². The van der Waals surface area contributed by atoms with Gasteiger partial charge in [0.15, 0.2) is 6.10 Å². The second kappa shape index (κ2) is 4.94. The zero-order valence-corrected chi connectivity index (χ0v) is 9.13. The van der Waals surface area contributed by atoms with Gasteiger partial charge < -0.3 is 14.4 Å². The highest BCUT2D eigenvalue weighted by atomic mass is 16.6. The lowest BCUT2D eigenvalue weighted by atomic mass is 10.2. The first-order valence-electron chi connectivity index (χ1n) is 5.15. The molecule has 1 aliphatic heterocycles. The minimum Gasteiger partial charge on any atom is -0.467 e. The van der Waals surface area contributed by atoms with Gasteiger partial charge in [0.1, 0.15) is 0 Å². The molecule has 0 N–H and O–H groups in total. The monoisotopic (exact) mass is 222 g/mol. The van der Waals surface area contributed by atoms with Gasteiger partial charge in [-0.15, -0.1) is 0 Å². The standard InChI is InChI=1S/C11H14N2O3/c1-15-11(14)10-8-13(6-7-16-10)9-2-4-12-5-3-9/h2-5,10H,6-8H2,1H3. The largest absolute Gasteiger partial charge is 0.467 e. The number of nitrogens with zero attached hydrogens (tertiary/aromatic N) is 2. The van der Waals surface area contributed by atoms with Crippen molar-refractivity contribution in [2.45, 2.75) is 6.10 Å². The Hall–Kier alpha value is -1.62. The van der Waals surface area contributed by atoms with Crippen LogP contribution in [0.3, 0.4) is 0 Å². The average molecular weight is 222 g/mol. The van der Waals surface area contributed by atoms with Crippen molar-refractivity contribution in [3.8, 4) is 0 Å². The number of esters is 1. The fourth-order valence-electron chi connectivity index (χ4n) is 1.71. The highest BCUT2D eigenvalue weighted by Crippen LogP contribution is 2.16. The van der Waals surface area contributed by atoms with Gasteiger partial charge in [0.25, 0.3) is 0 Å². The Kier molecular flexibility index (Phi) is 3.36. The van der Waals surface area contributed by atoms with Crippen LogP contribution in [0.4, 0.5) is 5.69 Å². The maximum atomic E-state index is 11.4. The van der Waals surface area contributed by atoms with Gasteiger partial charge in [0, 0.05) is 24.6 Å². The third-order valence-electron chi connectivity index (χ3n) is 2.56. The molecule has 1 fully saturated rings. The van der Waals surface area contributed by atoms with Gasteiger partial charge in [-0.3, -0.25) is 4.98 Å². The zero-order chi connectivity index (χ0) is 11.4. The van der Waals surface area contributed by atoms with Crippen LogP contribution in [0, 0.1) is 0 Å². The molecule has 0 bridgehead atoms. The summed E-state index contributed by atoms with van der Waals surface area (Å²) < 4.78 is 10.0. The van der Waals surface area contributed by atoms with E-state index in [9.17, 15) is 4.79 Å². The summed E-state index contributed by atoms with van der Waals surface area (Å²) in [6.07, 6.45) is 2.97. The number of methoxy groups -OCH3 is 1. The van der Waals surface area contributed by atoms with Crippen molar-refractivity contribution in [1.82, 2.24) is 4.98 Å². The normalized spacial score (nSPS) is 20.6. The van der Waals surface area contributed by atoms with Crippen LogP contribution < -0.4 is 4.90 Å². The molecule has 1 aromatic rings. The van der Waals surface area contributed by atoms with Gasteiger partial charge in [-0.2, -0.15) is 0 Å². The van der Waals surface area contributed by atoms with E-state index in [4.69, 9.17) is 4.74 Å². The van der Waals surface area contributed by atoms with Crippen molar-refractivity contribution in [3.63, 3.8) is 0 Å². The molecule has 5 heteroatoms. The minimum absolute atomic E-state index is 0.321. The molecule has 86 valence electrons. The van der Waals surface area contributed by atoms with Crippen molar-refractivity contribution in [1.29, 1.82) is 0 Å². The summed E-state index contributed by atoms with van der Waals surface area (Å²) in [4.78, 5) is 17.4. The highest BCUT2D eigenvalue weighted by Gasteiger charge is 2.27. The van der Waals surface area contributed by atoms with E-state index in [0.29, 0.717) is 13.2 Å². The third-order valence-corrected chi connectivity index (χ3v) is 2.56. The van der Waals surface area contributed by atoms with Crippen molar-refractivity contribution in [2.24, 2.45) is 0 Å². The average Bonchev–Trinajstić information content (AvgIpc) is 2.39. The second-order valence-corrected chi connectivity index (χ2v) is 3.53. The molecule has 2 heterocycles. The number of ether oxygens (including phenoxy) is 2. The molecule has 1 aliphatic rings. The SMILES string of the molecule is COC(=O)C1CN(c2ccncc2)CCO1. The molecule has 5 nitrogen and oxygen atoms in total. The van der Waals surface area contributed by atoms with E-state index in [-0.39, 0.29) is 5.97 Å². The zero-order valence-electron chi connectivity index (χ0n) is 9.13. The summed E-state index contributed by atoms with van der Waals surface area (Å²) in [5.41, 5.74) is 1.05. The fourth-order valence-corrected chi connectivity index (χ4v) is 1.71. The van der Waals surface area contributed by atoms with Gasteiger partial charge in [0.05, 0.1) is 20.3 Å². The Labute approximate surface area is 94.0 Å². The van der Waals surface area contributed by atoms with E-state index < -0.39 is 6.10 Å². The molecular formula is C11H14N2O3. The smallest absolute Gasteiger partial charge is 0.336 e. The van der Waals surface area contributed by atoms with Gasteiger partial charge in [-0.1, -0.05) is 0 Å². The molecular weight excluding hydrogens is 208 g/mol. The molecule has 0 amide bonds. The Bertz CT molecular complexity index is 356. The van der Waals surface area contributed by atoms with Gasteiger partial charge >= 0.3 is 5.97 Å². The molecule has 0 radical (unpaired) electrons. The molecule has 1 aromatic heterocycles. The molecule has 0 saturated carbocycles. The number of hydrogen-bond donors (Lipinski definition) is 0. The molecule has 1 unspecified atom stereocenters. The number of morpholine rings is 1. The molecule has 2 rings (SSSR count). The summed E-state index contributed by atoms with van der Waals surface area (Å²) in [6.45, 7) is 1.83. The molecule has 16 heavy (non-hydrogen) atoms. The Morgan fingerprint density at radius 1 is 1.56 bits per heavy atom. The Morgan fingerprint density at radius 3 is 3.00 bits per heavy atom. The van der Waals surface area contributed by atoms with Crippen LogP contribution in [0.2, 0.25) is 0 Å². The first kappa shape index (κ1) is 10.9. The highest BCUT2D eigenvalue weighted by molar-refractivity contribution is 5.75. The van der Waals surface area contributed by atoms with Crippen molar-refractivity contribution in [3.05, 3.63) is 24.5 Å². The molecule has 0 aliphatic carbocycles. The minimum atomic E-state index is -0.494. The lowest BCUT2D eigenvalue weighted by Crippen LogP contribution is -2.46. The Balaban J connectivity index is 2.05. The number of rotatable bonds is 2. The quantitative estimate of drug-likeness (QED) is 0.680. The second-order valence-electron chi connectivity index (χ2n) is 3.53. The van der Waals surface area contributed by atoms with E-state index in [2.05, 4.69) is 14.6 Å². The van der Waals surface area contributed by atoms with Crippen LogP contribution in [0.5, 0.6) is 0 Å². The number of hydrogen-bond acceptors (Lipinski definition) is 5. The lowest BCUT2D eigenvalue weighted by Gasteiger charge is -2.32.